The Bertz CT molecular complexity index is 2160. The lowest BCUT2D eigenvalue weighted by atomic mass is 9.91. The zero-order valence-electron chi connectivity index (χ0n) is 33.1. The van der Waals surface area contributed by atoms with Crippen molar-refractivity contribution in [3.8, 4) is 34.1 Å². The SMILES string of the molecule is CCOc1cc(O[C@H]2CCc3c(-c4cccc5c4CC[C@@H]5Oc4cc(OCC)c(CNC(C)(CO)C(=O)O)cc4Cl)cccc32)c(Cl)cc1CNC[C@@H]1CCC(=O)N1. The molecule has 4 aromatic rings. The van der Waals surface area contributed by atoms with E-state index in [1.165, 1.54) is 29.2 Å². The molecular weight excluding hydrogens is 781 g/mol. The van der Waals surface area contributed by atoms with Crippen LogP contribution in [0.4, 0.5) is 0 Å². The van der Waals surface area contributed by atoms with Gasteiger partial charge in [-0.1, -0.05) is 59.6 Å². The van der Waals surface area contributed by atoms with Gasteiger partial charge in [-0.05, 0) is 98.4 Å². The van der Waals surface area contributed by atoms with Crippen LogP contribution < -0.4 is 34.9 Å². The van der Waals surface area contributed by atoms with Gasteiger partial charge < -0.3 is 39.8 Å². The summed E-state index contributed by atoms with van der Waals surface area (Å²) >= 11 is 13.6. The number of ether oxygens (including phenoxy) is 4. The van der Waals surface area contributed by atoms with Gasteiger partial charge in [-0.15, -0.1) is 0 Å². The zero-order valence-corrected chi connectivity index (χ0v) is 34.6. The van der Waals surface area contributed by atoms with Crippen molar-refractivity contribution in [2.75, 3.05) is 26.4 Å². The number of nitrogens with one attached hydrogen (secondary N) is 3. The van der Waals surface area contributed by atoms with Crippen LogP contribution in [0, 0.1) is 0 Å². The smallest absolute Gasteiger partial charge is 0.326 e. The molecule has 58 heavy (non-hydrogen) atoms. The van der Waals surface area contributed by atoms with Crippen LogP contribution in [-0.4, -0.2) is 60.0 Å². The molecule has 1 fully saturated rings. The summed E-state index contributed by atoms with van der Waals surface area (Å²) in [5.41, 5.74) is 7.20. The molecule has 0 radical (unpaired) electrons. The van der Waals surface area contributed by atoms with Crippen LogP contribution in [0.3, 0.4) is 0 Å². The number of carbonyl (C=O) groups is 2. The molecule has 11 nitrogen and oxygen atoms in total. The molecule has 0 bridgehead atoms. The van der Waals surface area contributed by atoms with Crippen LogP contribution >= 0.6 is 23.2 Å². The number of hydrogen-bond acceptors (Lipinski definition) is 9. The van der Waals surface area contributed by atoms with Gasteiger partial charge in [0.05, 0.1) is 29.9 Å². The van der Waals surface area contributed by atoms with Crippen LogP contribution in [-0.2, 0) is 35.5 Å². The summed E-state index contributed by atoms with van der Waals surface area (Å²) in [7, 11) is 0. The van der Waals surface area contributed by atoms with E-state index in [2.05, 4.69) is 52.3 Å². The summed E-state index contributed by atoms with van der Waals surface area (Å²) in [6.45, 7) is 6.92. The summed E-state index contributed by atoms with van der Waals surface area (Å²) in [5, 5.41) is 29.5. The lowest BCUT2D eigenvalue weighted by molar-refractivity contribution is -0.146. The molecule has 2 aliphatic carbocycles. The number of hydrogen-bond donors (Lipinski definition) is 5. The fraction of sp³-hybridized carbons (Fsp3) is 0.422. The molecule has 7 rings (SSSR count). The molecule has 1 amide bonds. The quantitative estimate of drug-likeness (QED) is 0.0671. The highest BCUT2D eigenvalue weighted by Gasteiger charge is 2.34. The van der Waals surface area contributed by atoms with E-state index in [1.54, 1.807) is 12.1 Å². The van der Waals surface area contributed by atoms with Crippen molar-refractivity contribution in [1.29, 1.82) is 0 Å². The number of carboxylic acid groups (broad SMARTS) is 1. The van der Waals surface area contributed by atoms with E-state index in [-0.39, 0.29) is 30.7 Å². The molecule has 1 unspecified atom stereocenters. The first-order valence-corrected chi connectivity index (χ1v) is 20.8. The number of benzene rings is 4. The minimum Gasteiger partial charge on any atom is -0.493 e. The van der Waals surface area contributed by atoms with E-state index in [4.69, 9.17) is 42.1 Å². The van der Waals surface area contributed by atoms with Crippen molar-refractivity contribution < 1.29 is 38.7 Å². The Morgan fingerprint density at radius 2 is 1.33 bits per heavy atom. The number of rotatable bonds is 18. The monoisotopic (exact) mass is 831 g/mol. The van der Waals surface area contributed by atoms with Gasteiger partial charge in [0.1, 0.15) is 40.7 Å². The molecule has 0 spiro atoms. The number of amides is 1. The third-order valence-electron chi connectivity index (χ3n) is 11.3. The summed E-state index contributed by atoms with van der Waals surface area (Å²) in [6, 6.07) is 20.2. The first-order valence-electron chi connectivity index (χ1n) is 20.1. The van der Waals surface area contributed by atoms with Crippen molar-refractivity contribution in [2.45, 2.75) is 96.2 Å². The number of aliphatic hydroxyl groups excluding tert-OH is 1. The number of carboxylic acids is 1. The average Bonchev–Trinajstić information content (AvgIpc) is 3.95. The Balaban J connectivity index is 1.08. The number of carbonyl (C=O) groups excluding carboxylic acids is 1. The summed E-state index contributed by atoms with van der Waals surface area (Å²) in [4.78, 5) is 23.3. The maximum absolute atomic E-state index is 11.7. The molecule has 1 saturated heterocycles. The third kappa shape index (κ3) is 8.89. The molecule has 1 aliphatic heterocycles. The number of halogens is 2. The third-order valence-corrected chi connectivity index (χ3v) is 11.9. The van der Waals surface area contributed by atoms with Gasteiger partial charge in [-0.25, -0.2) is 0 Å². The van der Waals surface area contributed by atoms with Gasteiger partial charge in [0.25, 0.3) is 0 Å². The number of fused-ring (bicyclic) bond motifs is 2. The number of aliphatic hydroxyl groups is 1. The Morgan fingerprint density at radius 3 is 1.79 bits per heavy atom. The van der Waals surface area contributed by atoms with Crippen molar-refractivity contribution in [3.05, 3.63) is 104 Å². The normalized spacial score (nSPS) is 19.3. The van der Waals surface area contributed by atoms with E-state index < -0.39 is 18.1 Å². The molecule has 5 N–H and O–H groups in total. The average molecular weight is 833 g/mol. The van der Waals surface area contributed by atoms with Crippen molar-refractivity contribution in [2.24, 2.45) is 0 Å². The van der Waals surface area contributed by atoms with Gasteiger partial charge in [-0.2, -0.15) is 0 Å². The second-order valence-electron chi connectivity index (χ2n) is 15.3. The van der Waals surface area contributed by atoms with Crippen LogP contribution in [0.25, 0.3) is 11.1 Å². The minimum atomic E-state index is -1.52. The van der Waals surface area contributed by atoms with E-state index in [0.717, 1.165) is 54.5 Å². The van der Waals surface area contributed by atoms with Gasteiger partial charge in [0.15, 0.2) is 0 Å². The van der Waals surface area contributed by atoms with Crippen LogP contribution in [0.2, 0.25) is 10.0 Å². The summed E-state index contributed by atoms with van der Waals surface area (Å²) < 4.78 is 25.2. The minimum absolute atomic E-state index is 0.0986. The topological polar surface area (TPSA) is 148 Å². The Morgan fingerprint density at radius 1 is 0.793 bits per heavy atom. The van der Waals surface area contributed by atoms with Gasteiger partial charge >= 0.3 is 5.97 Å². The van der Waals surface area contributed by atoms with Crippen molar-refractivity contribution >= 4 is 35.1 Å². The van der Waals surface area contributed by atoms with Gasteiger partial charge in [0, 0.05) is 55.4 Å². The van der Waals surface area contributed by atoms with Gasteiger partial charge in [0.2, 0.25) is 5.91 Å². The standard InChI is InChI=1S/C45H51Cl2N3O8/c1-4-55-39-20-41(35(46)18-26(39)22-48-24-28-12-17-43(52)50-28)57-37-15-13-31-29(8-6-10-33(31)37)30-9-7-11-34-32(30)14-16-38(34)58-42-21-40(56-5-2)27(19-36(42)47)23-49-45(3,25-51)44(53)54/h6-11,18-21,28,37-38,48-49,51H,4-5,12-17,22-25H2,1-3H3,(H,50,52)(H,53,54)/t28-,37-,38-,45?/m0/s1. The van der Waals surface area contributed by atoms with Crippen molar-refractivity contribution in [3.63, 3.8) is 0 Å². The molecule has 0 aromatic heterocycles. The molecule has 308 valence electrons. The fourth-order valence-corrected chi connectivity index (χ4v) is 8.64. The highest BCUT2D eigenvalue weighted by atomic mass is 35.5. The summed E-state index contributed by atoms with van der Waals surface area (Å²) in [6.07, 6.45) is 4.27. The molecule has 13 heteroatoms. The lowest BCUT2D eigenvalue weighted by Gasteiger charge is -2.25. The van der Waals surface area contributed by atoms with E-state index in [9.17, 15) is 19.8 Å². The highest BCUT2D eigenvalue weighted by molar-refractivity contribution is 6.32. The molecule has 0 saturated carbocycles. The second kappa shape index (κ2) is 18.2. The Hall–Kier alpha value is -4.52. The van der Waals surface area contributed by atoms with E-state index in [0.29, 0.717) is 65.6 Å². The highest BCUT2D eigenvalue weighted by Crippen LogP contribution is 2.47. The Kier molecular flexibility index (Phi) is 13.0. The predicted molar refractivity (Wildman–Crippen MR) is 223 cm³/mol. The maximum atomic E-state index is 11.7. The molecule has 4 atom stereocenters. The van der Waals surface area contributed by atoms with Crippen LogP contribution in [0.5, 0.6) is 23.0 Å². The molecule has 1 heterocycles. The van der Waals surface area contributed by atoms with Gasteiger partial charge in [-0.3, -0.25) is 14.9 Å². The van der Waals surface area contributed by atoms with Crippen LogP contribution in [0.15, 0.2) is 60.7 Å². The second-order valence-corrected chi connectivity index (χ2v) is 16.1. The molecule has 4 aromatic carbocycles. The maximum Gasteiger partial charge on any atom is 0.326 e. The zero-order chi connectivity index (χ0) is 41.0. The first-order chi connectivity index (χ1) is 28.0. The largest absolute Gasteiger partial charge is 0.493 e. The van der Waals surface area contributed by atoms with Crippen molar-refractivity contribution in [1.82, 2.24) is 16.0 Å². The first kappa shape index (κ1) is 41.6. The van der Waals surface area contributed by atoms with E-state index in [1.807, 2.05) is 26.0 Å². The number of aliphatic carboxylic acids is 1. The van der Waals surface area contributed by atoms with E-state index >= 15 is 0 Å². The predicted octanol–water partition coefficient (Wildman–Crippen LogP) is 7.88. The Labute approximate surface area is 349 Å². The molecule has 3 aliphatic rings. The van der Waals surface area contributed by atoms with Crippen LogP contribution in [0.1, 0.15) is 92.0 Å². The fourth-order valence-electron chi connectivity index (χ4n) is 8.18. The lowest BCUT2D eigenvalue weighted by Crippen LogP contribution is -2.52. The summed E-state index contributed by atoms with van der Waals surface area (Å²) in [5.74, 6) is 1.25. The molecular formula is C45H51Cl2N3O8.